The van der Waals surface area contributed by atoms with Gasteiger partial charge in [0, 0.05) is 0 Å². The maximum absolute atomic E-state index is 11.8. The number of carboxylic acid groups (broad SMARTS) is 1. The van der Waals surface area contributed by atoms with Crippen LogP contribution in [-0.4, -0.2) is 33.3 Å². The van der Waals surface area contributed by atoms with Crippen LogP contribution in [0.1, 0.15) is 33.6 Å². The van der Waals surface area contributed by atoms with Gasteiger partial charge in [0.1, 0.15) is 17.4 Å². The second-order valence-electron chi connectivity index (χ2n) is 5.66. The number of hydrogen-bond donors (Lipinski definition) is 3. The SMILES string of the molecule is CCC1(N(C(C)C(=O)O)C2(CC)C=CC=CN2)C=CC=CN1. The van der Waals surface area contributed by atoms with Crippen LogP contribution in [0.25, 0.3) is 0 Å². The monoisotopic (exact) mass is 303 g/mol. The van der Waals surface area contributed by atoms with Gasteiger partial charge in [-0.2, -0.15) is 0 Å². The maximum Gasteiger partial charge on any atom is 0.320 e. The van der Waals surface area contributed by atoms with Crippen molar-refractivity contribution in [2.24, 2.45) is 0 Å². The number of nitrogens with one attached hydrogen (secondary N) is 2. The van der Waals surface area contributed by atoms with Crippen molar-refractivity contribution in [2.45, 2.75) is 51.0 Å². The lowest BCUT2D eigenvalue weighted by Crippen LogP contribution is -2.72. The fourth-order valence-corrected chi connectivity index (χ4v) is 3.26. The van der Waals surface area contributed by atoms with Crippen molar-refractivity contribution in [3.8, 4) is 0 Å². The quantitative estimate of drug-likeness (QED) is 0.703. The first-order valence-corrected chi connectivity index (χ1v) is 7.78. The van der Waals surface area contributed by atoms with Gasteiger partial charge in [-0.3, -0.25) is 4.79 Å². The Kier molecular flexibility index (Phi) is 4.76. The topological polar surface area (TPSA) is 64.6 Å². The van der Waals surface area contributed by atoms with Crippen LogP contribution >= 0.6 is 0 Å². The molecule has 5 nitrogen and oxygen atoms in total. The van der Waals surface area contributed by atoms with Gasteiger partial charge in [-0.1, -0.05) is 26.0 Å². The van der Waals surface area contributed by atoms with E-state index < -0.39 is 23.3 Å². The number of carbonyl (C=O) groups is 1. The van der Waals surface area contributed by atoms with Gasteiger partial charge in [0.2, 0.25) is 0 Å². The lowest BCUT2D eigenvalue weighted by atomic mass is 9.91. The molecular weight excluding hydrogens is 278 g/mol. The molecule has 0 amide bonds. The molecule has 0 saturated heterocycles. The summed E-state index contributed by atoms with van der Waals surface area (Å²) in [7, 11) is 0. The maximum atomic E-state index is 11.8. The van der Waals surface area contributed by atoms with Crippen LogP contribution in [0.15, 0.2) is 48.9 Å². The van der Waals surface area contributed by atoms with Crippen molar-refractivity contribution in [3.63, 3.8) is 0 Å². The van der Waals surface area contributed by atoms with Gasteiger partial charge in [-0.15, -0.1) is 0 Å². The molecule has 22 heavy (non-hydrogen) atoms. The predicted octanol–water partition coefficient (Wildman–Crippen LogP) is 2.32. The first kappa shape index (κ1) is 16.4. The summed E-state index contributed by atoms with van der Waals surface area (Å²) in [5.41, 5.74) is -1.10. The Labute approximate surface area is 132 Å². The van der Waals surface area contributed by atoms with Crippen molar-refractivity contribution in [2.75, 3.05) is 0 Å². The minimum Gasteiger partial charge on any atom is -0.480 e. The zero-order valence-corrected chi connectivity index (χ0v) is 13.4. The van der Waals surface area contributed by atoms with Crippen molar-refractivity contribution in [3.05, 3.63) is 48.9 Å². The van der Waals surface area contributed by atoms with Crippen LogP contribution in [0.3, 0.4) is 0 Å². The lowest BCUT2D eigenvalue weighted by Gasteiger charge is -2.54. The molecule has 0 fully saturated rings. The Morgan fingerprint density at radius 2 is 1.50 bits per heavy atom. The van der Waals surface area contributed by atoms with E-state index in [1.165, 1.54) is 0 Å². The van der Waals surface area contributed by atoms with Gasteiger partial charge in [0.05, 0.1) is 0 Å². The third-order valence-corrected chi connectivity index (χ3v) is 4.51. The molecule has 5 heteroatoms. The van der Waals surface area contributed by atoms with E-state index in [1.54, 1.807) is 6.92 Å². The zero-order valence-electron chi connectivity index (χ0n) is 13.4. The smallest absolute Gasteiger partial charge is 0.320 e. The number of hydrogen-bond acceptors (Lipinski definition) is 4. The molecule has 2 aliphatic rings. The second kappa shape index (κ2) is 6.40. The van der Waals surface area contributed by atoms with E-state index in [1.807, 2.05) is 53.8 Å². The molecule has 3 N–H and O–H groups in total. The van der Waals surface area contributed by atoms with Gasteiger partial charge in [0.25, 0.3) is 0 Å². The molecule has 0 aromatic rings. The Balaban J connectivity index is 2.53. The molecular formula is C17H25N3O2. The van der Waals surface area contributed by atoms with Crippen LogP contribution in [0.2, 0.25) is 0 Å². The van der Waals surface area contributed by atoms with Crippen molar-refractivity contribution >= 4 is 5.97 Å². The normalized spacial score (nSPS) is 30.9. The van der Waals surface area contributed by atoms with Crippen LogP contribution < -0.4 is 10.6 Å². The molecule has 3 unspecified atom stereocenters. The molecule has 2 aliphatic heterocycles. The van der Waals surface area contributed by atoms with Gasteiger partial charge in [0.15, 0.2) is 0 Å². The van der Waals surface area contributed by atoms with Gasteiger partial charge >= 0.3 is 5.97 Å². The number of allylic oxidation sites excluding steroid dienone is 4. The van der Waals surface area contributed by atoms with E-state index in [9.17, 15) is 9.90 Å². The van der Waals surface area contributed by atoms with Crippen LogP contribution in [0.4, 0.5) is 0 Å². The summed E-state index contributed by atoms with van der Waals surface area (Å²) >= 11 is 0. The molecule has 120 valence electrons. The van der Waals surface area contributed by atoms with E-state index in [4.69, 9.17) is 0 Å². The summed E-state index contributed by atoms with van der Waals surface area (Å²) in [6.45, 7) is 5.85. The van der Waals surface area contributed by atoms with Crippen LogP contribution in [0.5, 0.6) is 0 Å². The summed E-state index contributed by atoms with van der Waals surface area (Å²) in [5.74, 6) is -0.838. The summed E-state index contributed by atoms with van der Waals surface area (Å²) in [5, 5.41) is 16.4. The van der Waals surface area contributed by atoms with Crippen molar-refractivity contribution in [1.29, 1.82) is 0 Å². The molecule has 0 saturated carbocycles. The minimum atomic E-state index is -0.838. The highest BCUT2D eigenvalue weighted by Gasteiger charge is 2.49. The summed E-state index contributed by atoms with van der Waals surface area (Å²) < 4.78 is 0. The molecule has 2 rings (SSSR count). The molecule has 0 radical (unpaired) electrons. The van der Waals surface area contributed by atoms with Gasteiger partial charge < -0.3 is 15.7 Å². The molecule has 0 aromatic heterocycles. The van der Waals surface area contributed by atoms with E-state index in [2.05, 4.69) is 24.5 Å². The number of aliphatic carboxylic acids is 1. The van der Waals surface area contributed by atoms with E-state index in [0.717, 1.165) is 12.8 Å². The average Bonchev–Trinajstić information content (AvgIpc) is 2.56. The van der Waals surface area contributed by atoms with Crippen LogP contribution in [0, 0.1) is 0 Å². The fraction of sp³-hybridized carbons (Fsp3) is 0.471. The number of nitrogens with zero attached hydrogens (tertiary/aromatic N) is 1. The molecule has 2 heterocycles. The summed E-state index contributed by atoms with van der Waals surface area (Å²) in [6, 6.07) is -0.660. The molecule has 0 aromatic carbocycles. The second-order valence-corrected chi connectivity index (χ2v) is 5.66. The first-order chi connectivity index (χ1) is 10.5. The molecule has 3 atom stereocenters. The number of carboxylic acids is 1. The number of dihydropyridines is 2. The molecule has 0 spiro atoms. The summed E-state index contributed by atoms with van der Waals surface area (Å²) in [4.78, 5) is 13.8. The highest BCUT2D eigenvalue weighted by Crippen LogP contribution is 2.34. The predicted molar refractivity (Wildman–Crippen MR) is 87.8 cm³/mol. The third-order valence-electron chi connectivity index (χ3n) is 4.51. The van der Waals surface area contributed by atoms with Gasteiger partial charge in [-0.25, -0.2) is 4.90 Å². The van der Waals surface area contributed by atoms with E-state index in [-0.39, 0.29) is 0 Å². The molecule has 0 bridgehead atoms. The first-order valence-electron chi connectivity index (χ1n) is 7.78. The highest BCUT2D eigenvalue weighted by atomic mass is 16.4. The largest absolute Gasteiger partial charge is 0.480 e. The molecule has 0 aliphatic carbocycles. The average molecular weight is 303 g/mol. The highest BCUT2D eigenvalue weighted by molar-refractivity contribution is 5.73. The van der Waals surface area contributed by atoms with E-state index in [0.29, 0.717) is 0 Å². The van der Waals surface area contributed by atoms with Gasteiger partial charge in [-0.05, 0) is 56.5 Å². The lowest BCUT2D eigenvalue weighted by molar-refractivity contribution is -0.150. The van der Waals surface area contributed by atoms with E-state index >= 15 is 0 Å². The zero-order chi connectivity index (χ0) is 16.2. The Hall–Kier alpha value is -2.01. The van der Waals surface area contributed by atoms with Crippen molar-refractivity contribution < 1.29 is 9.90 Å². The number of rotatable bonds is 6. The third kappa shape index (κ3) is 2.68. The Morgan fingerprint density at radius 1 is 1.05 bits per heavy atom. The fourth-order valence-electron chi connectivity index (χ4n) is 3.26. The van der Waals surface area contributed by atoms with Crippen LogP contribution in [-0.2, 0) is 4.79 Å². The van der Waals surface area contributed by atoms with Crippen molar-refractivity contribution in [1.82, 2.24) is 15.5 Å². The summed E-state index contributed by atoms with van der Waals surface area (Å²) in [6.07, 6.45) is 17.1. The minimum absolute atomic E-state index is 0.551. The Morgan fingerprint density at radius 3 is 1.77 bits per heavy atom. The Bertz CT molecular complexity index is 500. The standard InChI is InChI=1S/C17H25N3O2/c1-4-16(10-6-8-12-18-16)20(14(3)15(21)22)17(5-2)11-7-9-13-19-17/h6-14,18-19H,4-5H2,1-3H3,(H,21,22).